The molecular formula is C14H24N4O2. The third-order valence-electron chi connectivity index (χ3n) is 4.67. The lowest BCUT2D eigenvalue weighted by Gasteiger charge is -2.45. The summed E-state index contributed by atoms with van der Waals surface area (Å²) >= 11 is 0. The molecule has 0 aliphatic carbocycles. The maximum absolute atomic E-state index is 6.10. The Labute approximate surface area is 119 Å². The molecule has 3 rings (SSSR count). The molecule has 1 aromatic heterocycles. The van der Waals surface area contributed by atoms with E-state index in [1.807, 2.05) is 24.1 Å². The highest BCUT2D eigenvalue weighted by Gasteiger charge is 2.41. The molecule has 0 bridgehead atoms. The van der Waals surface area contributed by atoms with Crippen LogP contribution in [0.3, 0.4) is 0 Å². The number of nitrogens with one attached hydrogen (secondary N) is 1. The topological polar surface area (TPSA) is 74.3 Å². The van der Waals surface area contributed by atoms with Gasteiger partial charge in [0, 0.05) is 38.6 Å². The Hall–Kier alpha value is -0.950. The number of nitrogens with zero attached hydrogens (tertiary/aromatic N) is 2. The molecule has 1 spiro atoms. The molecule has 2 saturated heterocycles. The van der Waals surface area contributed by atoms with Crippen molar-refractivity contribution in [1.29, 1.82) is 0 Å². The minimum atomic E-state index is -0.00151. The van der Waals surface area contributed by atoms with Crippen molar-refractivity contribution in [3.8, 4) is 0 Å². The summed E-state index contributed by atoms with van der Waals surface area (Å²) in [5.74, 6) is 6.29. The number of aromatic nitrogens is 2. The predicted molar refractivity (Wildman–Crippen MR) is 74.7 cm³/mol. The van der Waals surface area contributed by atoms with Crippen LogP contribution in [0, 0.1) is 5.92 Å². The Balaban J connectivity index is 1.74. The zero-order chi connectivity index (χ0) is 14.0. The van der Waals surface area contributed by atoms with Gasteiger partial charge in [-0.05, 0) is 31.6 Å². The molecule has 2 atom stereocenters. The lowest BCUT2D eigenvalue weighted by molar-refractivity contribution is -0.150. The van der Waals surface area contributed by atoms with E-state index in [0.29, 0.717) is 5.92 Å². The van der Waals surface area contributed by atoms with E-state index in [2.05, 4.69) is 10.5 Å². The van der Waals surface area contributed by atoms with Gasteiger partial charge in [-0.3, -0.25) is 16.0 Å². The summed E-state index contributed by atoms with van der Waals surface area (Å²) < 4.78 is 13.4. The van der Waals surface area contributed by atoms with Crippen LogP contribution < -0.4 is 11.3 Å². The molecule has 0 aromatic carbocycles. The maximum atomic E-state index is 6.10. The van der Waals surface area contributed by atoms with E-state index in [-0.39, 0.29) is 11.6 Å². The Morgan fingerprint density at radius 3 is 2.90 bits per heavy atom. The van der Waals surface area contributed by atoms with Gasteiger partial charge >= 0.3 is 0 Å². The number of hydrogen-bond acceptors (Lipinski definition) is 5. The molecule has 6 nitrogen and oxygen atoms in total. The monoisotopic (exact) mass is 280 g/mol. The molecule has 2 aliphatic rings. The summed E-state index contributed by atoms with van der Waals surface area (Å²) in [4.78, 5) is 0. The quantitative estimate of drug-likeness (QED) is 0.635. The molecule has 1 aromatic rings. The van der Waals surface area contributed by atoms with Crippen molar-refractivity contribution in [3.05, 3.63) is 18.0 Å². The summed E-state index contributed by atoms with van der Waals surface area (Å²) in [6, 6.07) is 0.146. The average molecular weight is 280 g/mol. The van der Waals surface area contributed by atoms with Crippen LogP contribution in [-0.4, -0.2) is 35.2 Å². The van der Waals surface area contributed by atoms with Crippen LogP contribution in [0.15, 0.2) is 12.4 Å². The highest BCUT2D eigenvalue weighted by molar-refractivity contribution is 5.12. The zero-order valence-electron chi connectivity index (χ0n) is 12.0. The smallest absolute Gasteiger partial charge is 0.0729 e. The second-order valence-electron chi connectivity index (χ2n) is 5.99. The number of hydrogen-bond donors (Lipinski definition) is 2. The first-order valence-electron chi connectivity index (χ1n) is 7.39. The normalized spacial score (nSPS) is 27.6. The van der Waals surface area contributed by atoms with Gasteiger partial charge in [0.15, 0.2) is 0 Å². The van der Waals surface area contributed by atoms with Gasteiger partial charge in [0.2, 0.25) is 0 Å². The Kier molecular flexibility index (Phi) is 4.07. The predicted octanol–water partition coefficient (Wildman–Crippen LogP) is 0.900. The Morgan fingerprint density at radius 2 is 2.25 bits per heavy atom. The van der Waals surface area contributed by atoms with Crippen molar-refractivity contribution < 1.29 is 9.47 Å². The first-order valence-corrected chi connectivity index (χ1v) is 7.39. The minimum Gasteiger partial charge on any atom is -0.381 e. The van der Waals surface area contributed by atoms with Crippen LogP contribution >= 0.6 is 0 Å². The fourth-order valence-electron chi connectivity index (χ4n) is 3.55. The lowest BCUT2D eigenvalue weighted by atomic mass is 9.77. The lowest BCUT2D eigenvalue weighted by Crippen LogP contribution is -2.47. The Bertz CT molecular complexity index is 437. The second-order valence-corrected chi connectivity index (χ2v) is 5.99. The number of rotatable bonds is 3. The molecular weight excluding hydrogens is 256 g/mol. The maximum Gasteiger partial charge on any atom is 0.0729 e. The standard InChI is InChI=1S/C14H24N4O2/c1-18-10-12(9-16-18)13(17-15)11-2-5-20-14(8-11)3-6-19-7-4-14/h9-11,13,17H,2-8,15H2,1H3. The van der Waals surface area contributed by atoms with Crippen molar-refractivity contribution in [2.75, 3.05) is 19.8 Å². The van der Waals surface area contributed by atoms with Crippen molar-refractivity contribution >= 4 is 0 Å². The van der Waals surface area contributed by atoms with Gasteiger partial charge in [0.05, 0.1) is 17.8 Å². The van der Waals surface area contributed by atoms with Gasteiger partial charge in [0.25, 0.3) is 0 Å². The second kappa shape index (κ2) is 5.81. The van der Waals surface area contributed by atoms with E-state index in [1.165, 1.54) is 0 Å². The number of nitrogens with two attached hydrogens (primary N) is 1. The summed E-state index contributed by atoms with van der Waals surface area (Å²) in [6.45, 7) is 2.42. The largest absolute Gasteiger partial charge is 0.381 e. The molecule has 3 N–H and O–H groups in total. The summed E-state index contributed by atoms with van der Waals surface area (Å²) in [6.07, 6.45) is 8.00. The first kappa shape index (κ1) is 14.0. The molecule has 2 unspecified atom stereocenters. The first-order chi connectivity index (χ1) is 9.72. The van der Waals surface area contributed by atoms with Gasteiger partial charge in [-0.2, -0.15) is 5.10 Å². The average Bonchev–Trinajstić information content (AvgIpc) is 2.87. The van der Waals surface area contributed by atoms with E-state index in [4.69, 9.17) is 15.3 Å². The van der Waals surface area contributed by atoms with Gasteiger partial charge in [-0.25, -0.2) is 0 Å². The fourth-order valence-corrected chi connectivity index (χ4v) is 3.55. The molecule has 20 heavy (non-hydrogen) atoms. The molecule has 2 aliphatic heterocycles. The van der Waals surface area contributed by atoms with Crippen molar-refractivity contribution in [1.82, 2.24) is 15.2 Å². The highest BCUT2D eigenvalue weighted by Crippen LogP contribution is 2.41. The molecule has 3 heterocycles. The van der Waals surface area contributed by atoms with E-state index in [0.717, 1.165) is 51.1 Å². The van der Waals surface area contributed by atoms with Gasteiger partial charge < -0.3 is 9.47 Å². The van der Waals surface area contributed by atoms with Gasteiger partial charge in [0.1, 0.15) is 0 Å². The van der Waals surface area contributed by atoms with Crippen LogP contribution in [0.1, 0.15) is 37.3 Å². The molecule has 2 fully saturated rings. The van der Waals surface area contributed by atoms with Gasteiger partial charge in [-0.1, -0.05) is 0 Å². The van der Waals surface area contributed by atoms with Crippen LogP contribution in [0.4, 0.5) is 0 Å². The van der Waals surface area contributed by atoms with Crippen LogP contribution in [0.5, 0.6) is 0 Å². The molecule has 0 radical (unpaired) electrons. The molecule has 0 amide bonds. The fraction of sp³-hybridized carbons (Fsp3) is 0.786. The van der Waals surface area contributed by atoms with Crippen LogP contribution in [0.2, 0.25) is 0 Å². The molecule has 6 heteroatoms. The number of hydrazine groups is 1. The Morgan fingerprint density at radius 1 is 1.45 bits per heavy atom. The van der Waals surface area contributed by atoms with E-state index in [1.54, 1.807) is 0 Å². The zero-order valence-corrected chi connectivity index (χ0v) is 12.0. The minimum absolute atomic E-state index is 0.00151. The van der Waals surface area contributed by atoms with Crippen molar-refractivity contribution in [3.63, 3.8) is 0 Å². The van der Waals surface area contributed by atoms with Crippen LogP contribution in [-0.2, 0) is 16.5 Å². The molecule has 112 valence electrons. The third-order valence-corrected chi connectivity index (χ3v) is 4.67. The molecule has 0 saturated carbocycles. The summed E-state index contributed by atoms with van der Waals surface area (Å²) in [7, 11) is 1.93. The number of aryl methyl sites for hydroxylation is 1. The SMILES string of the molecule is Cn1cc(C(NN)C2CCOC3(CCOCC3)C2)cn1. The van der Waals surface area contributed by atoms with E-state index in [9.17, 15) is 0 Å². The van der Waals surface area contributed by atoms with Crippen molar-refractivity contribution in [2.24, 2.45) is 18.8 Å². The van der Waals surface area contributed by atoms with Gasteiger partial charge in [-0.15, -0.1) is 0 Å². The third kappa shape index (κ3) is 2.74. The van der Waals surface area contributed by atoms with E-state index < -0.39 is 0 Å². The van der Waals surface area contributed by atoms with Crippen molar-refractivity contribution in [2.45, 2.75) is 37.3 Å². The highest BCUT2D eigenvalue weighted by atomic mass is 16.5. The van der Waals surface area contributed by atoms with E-state index >= 15 is 0 Å². The summed E-state index contributed by atoms with van der Waals surface area (Å²) in [5, 5.41) is 4.25. The summed E-state index contributed by atoms with van der Waals surface area (Å²) in [5.41, 5.74) is 4.14. The number of ether oxygens (including phenoxy) is 2. The van der Waals surface area contributed by atoms with Crippen LogP contribution in [0.25, 0.3) is 0 Å².